The van der Waals surface area contributed by atoms with E-state index in [1.165, 1.54) is 180 Å². The zero-order valence-corrected chi connectivity index (χ0v) is 59.6. The van der Waals surface area contributed by atoms with Crippen LogP contribution >= 0.6 is 0 Å². The quantitative estimate of drug-likeness (QED) is 0.0205. The van der Waals surface area contributed by atoms with E-state index in [9.17, 15) is 0 Å². The molecule has 14 heteroatoms. The molecule has 0 amide bonds. The van der Waals surface area contributed by atoms with Gasteiger partial charge in [0.15, 0.2) is 0 Å². The van der Waals surface area contributed by atoms with Crippen LogP contribution in [0.5, 0.6) is 0 Å². The van der Waals surface area contributed by atoms with Crippen LogP contribution in [0.3, 0.4) is 0 Å². The van der Waals surface area contributed by atoms with Crippen molar-refractivity contribution in [3.8, 4) is 69.2 Å². The summed E-state index contributed by atoms with van der Waals surface area (Å²) in [7, 11) is 0. The number of aryl methyl sites for hydroxylation is 4. The van der Waals surface area contributed by atoms with Crippen molar-refractivity contribution >= 4 is 24.3 Å². The van der Waals surface area contributed by atoms with Gasteiger partial charge in [-0.1, -0.05) is 325 Å². The van der Waals surface area contributed by atoms with E-state index < -0.39 is 0 Å². The van der Waals surface area contributed by atoms with Gasteiger partial charge in [0, 0.05) is 48.4 Å². The van der Waals surface area contributed by atoms with Crippen LogP contribution in [0.25, 0.3) is 69.9 Å². The summed E-state index contributed by atoms with van der Waals surface area (Å²) in [6.45, 7) is 12.4. The molecule has 98 heavy (non-hydrogen) atoms. The molecule has 0 aliphatic rings. The average Bonchev–Trinajstić information content (AvgIpc) is 1.59. The lowest BCUT2D eigenvalue weighted by Gasteiger charge is -2.03. The van der Waals surface area contributed by atoms with E-state index in [-0.39, 0.29) is 0 Å². The minimum absolute atomic E-state index is 0.722. The molecule has 3 aromatic carbocycles. The Bertz CT molecular complexity index is 3500. The monoisotopic (exact) mass is 1310 g/mol. The second kappa shape index (κ2) is 42.7. The minimum atomic E-state index is 0.722. The Labute approximate surface area is 586 Å². The highest BCUT2D eigenvalue weighted by Crippen LogP contribution is 2.26. The Kier molecular flexibility index (Phi) is 32.0. The highest BCUT2D eigenvalue weighted by Gasteiger charge is 2.16. The van der Waals surface area contributed by atoms with Crippen LogP contribution in [0.4, 0.5) is 0 Å². The van der Waals surface area contributed by atoms with Crippen LogP contribution in [0.15, 0.2) is 122 Å². The number of pyridine rings is 2. The highest BCUT2D eigenvalue weighted by atomic mass is 15.4. The first-order valence-electron chi connectivity index (χ1n) is 37.8. The summed E-state index contributed by atoms with van der Waals surface area (Å²) in [5, 5.41) is 36.3. The van der Waals surface area contributed by atoms with Crippen LogP contribution in [-0.4, -0.2) is 69.9 Å². The van der Waals surface area contributed by atoms with Gasteiger partial charge >= 0.3 is 0 Å². The van der Waals surface area contributed by atoms with Crippen LogP contribution in [-0.2, 0) is 26.2 Å². The highest BCUT2D eigenvalue weighted by molar-refractivity contribution is 5.74. The van der Waals surface area contributed by atoms with E-state index in [2.05, 4.69) is 190 Å². The second-order valence-electron chi connectivity index (χ2n) is 26.7. The lowest BCUT2D eigenvalue weighted by Crippen LogP contribution is -1.98. The van der Waals surface area contributed by atoms with Gasteiger partial charge in [-0.2, -0.15) is 0 Å². The summed E-state index contributed by atoms with van der Waals surface area (Å²) in [5.41, 5.74) is 13.7. The van der Waals surface area contributed by atoms with Gasteiger partial charge < -0.3 is 0 Å². The summed E-state index contributed by atoms with van der Waals surface area (Å²) in [4.78, 5) is 10.1. The van der Waals surface area contributed by atoms with E-state index in [0.717, 1.165) is 142 Å². The summed E-state index contributed by atoms with van der Waals surface area (Å²) >= 11 is 0. The van der Waals surface area contributed by atoms with E-state index >= 15 is 0 Å². The first kappa shape index (κ1) is 73.4. The molecule has 0 bridgehead atoms. The van der Waals surface area contributed by atoms with Crippen LogP contribution in [0.2, 0.25) is 0 Å². The second-order valence-corrected chi connectivity index (χ2v) is 26.7. The maximum absolute atomic E-state index is 5.06. The van der Waals surface area contributed by atoms with E-state index in [1.807, 2.05) is 67.8 Å². The van der Waals surface area contributed by atoms with Gasteiger partial charge in [0.05, 0.1) is 47.6 Å². The van der Waals surface area contributed by atoms with Crippen LogP contribution in [0, 0.1) is 23.7 Å². The molecule has 0 saturated heterocycles. The molecule has 0 saturated carbocycles. The third-order valence-corrected chi connectivity index (χ3v) is 18.2. The molecule has 6 aromatic heterocycles. The summed E-state index contributed by atoms with van der Waals surface area (Å²) in [6, 6.07) is 33.4. The third-order valence-electron chi connectivity index (χ3n) is 18.2. The molecular formula is C84H108N14. The summed E-state index contributed by atoms with van der Waals surface area (Å²) < 4.78 is 7.80. The normalized spacial score (nSPS) is 11.5. The van der Waals surface area contributed by atoms with Gasteiger partial charge in [-0.05, 0) is 96.5 Å². The van der Waals surface area contributed by atoms with Crippen molar-refractivity contribution in [2.45, 2.75) is 259 Å². The van der Waals surface area contributed by atoms with Gasteiger partial charge in [0.1, 0.15) is 22.8 Å². The van der Waals surface area contributed by atoms with Crippen LogP contribution < -0.4 is 0 Å². The number of hydrogen-bond donors (Lipinski definition) is 0. The predicted molar refractivity (Wildman–Crippen MR) is 404 cm³/mol. The molecule has 9 aromatic rings. The van der Waals surface area contributed by atoms with E-state index in [4.69, 9.17) is 9.97 Å². The molecule has 0 aliphatic carbocycles. The van der Waals surface area contributed by atoms with Crippen molar-refractivity contribution in [1.82, 2.24) is 69.9 Å². The van der Waals surface area contributed by atoms with Crippen molar-refractivity contribution in [2.75, 3.05) is 0 Å². The SMILES string of the molecule is CCCCCCCCCCn1cc(-c2cc(C#Cc3ccc(/C=C/c4ccc(/C=C/c5ccc(C#Cc6cc(-c7cn(CCCCCCCCCC)nn7)nc(-c7cn(CCCCCCCCCC)nn7)c6)cc5)cc4)cc3)cc(-c3cn(CCCCCCCCCC)nn3)n2)nn1. The largest absolute Gasteiger partial charge is 0.252 e. The molecular weight excluding hydrogens is 1210 g/mol. The van der Waals surface area contributed by atoms with Crippen LogP contribution in [0.1, 0.15) is 278 Å². The maximum atomic E-state index is 5.06. The van der Waals surface area contributed by atoms with Gasteiger partial charge in [-0.3, -0.25) is 18.7 Å². The fourth-order valence-electron chi connectivity index (χ4n) is 12.2. The van der Waals surface area contributed by atoms with Gasteiger partial charge in [0.2, 0.25) is 0 Å². The Balaban J connectivity index is 0.799. The Hall–Kier alpha value is -8.88. The third kappa shape index (κ3) is 26.2. The number of rotatable bonds is 44. The van der Waals surface area contributed by atoms with Crippen molar-refractivity contribution < 1.29 is 0 Å². The molecule has 0 radical (unpaired) electrons. The van der Waals surface area contributed by atoms with Gasteiger partial charge in [0.25, 0.3) is 0 Å². The van der Waals surface area contributed by atoms with Crippen molar-refractivity contribution in [2.24, 2.45) is 0 Å². The molecule has 0 spiro atoms. The van der Waals surface area contributed by atoms with E-state index in [0.29, 0.717) is 0 Å². The van der Waals surface area contributed by atoms with Crippen molar-refractivity contribution in [1.29, 1.82) is 0 Å². The Morgan fingerprint density at radius 2 is 0.449 bits per heavy atom. The Morgan fingerprint density at radius 3 is 0.684 bits per heavy atom. The number of hydrogen-bond acceptors (Lipinski definition) is 10. The maximum Gasteiger partial charge on any atom is 0.131 e. The standard InChI is InChI=1S/C84H108N14/c1-5-9-13-17-21-25-29-33-57-95-65-81(87-91-95)77-61-75(62-78(85-77)82-66-96(92-88-82)58-34-30-26-22-18-14-10-6-2)55-53-73-49-45-71(46-50-73)43-41-69-37-39-70(40-38-69)42-44-72-47-51-74(52-48-72)54-56-76-63-79(83-67-97(93-89-83)59-35-31-27-23-19-15-11-7-3)86-80(64-76)84-68-98(94-90-84)60-36-32-28-24-20-16-12-8-4/h37-52,61-68H,5-36,57-60H2,1-4H3/b43-41+,44-42+. The van der Waals surface area contributed by atoms with Gasteiger partial charge in [-0.25, -0.2) is 9.97 Å². The molecule has 0 unspecified atom stereocenters. The number of nitrogens with zero attached hydrogens (tertiary/aromatic N) is 14. The molecule has 0 N–H and O–H groups in total. The molecule has 14 nitrogen and oxygen atoms in total. The topological polar surface area (TPSA) is 149 Å². The fraction of sp³-hybridized carbons (Fsp3) is 0.476. The molecule has 0 aliphatic heterocycles. The Morgan fingerprint density at radius 1 is 0.245 bits per heavy atom. The molecule has 514 valence electrons. The first-order valence-corrected chi connectivity index (χ1v) is 37.8. The lowest BCUT2D eigenvalue weighted by molar-refractivity contribution is 0.511. The first-order chi connectivity index (χ1) is 48.4. The van der Waals surface area contributed by atoms with Crippen molar-refractivity contribution in [3.05, 3.63) is 166 Å². The van der Waals surface area contributed by atoms with E-state index in [1.54, 1.807) is 0 Å². The molecule has 6 heterocycles. The zero-order valence-electron chi connectivity index (χ0n) is 59.6. The van der Waals surface area contributed by atoms with Gasteiger partial charge in [-0.15, -0.1) is 20.4 Å². The number of unbranched alkanes of at least 4 members (excludes halogenated alkanes) is 28. The molecule has 9 rings (SSSR count). The summed E-state index contributed by atoms with van der Waals surface area (Å²) in [5.74, 6) is 13.7. The van der Waals surface area contributed by atoms with Crippen molar-refractivity contribution in [3.63, 3.8) is 0 Å². The summed E-state index contributed by atoms with van der Waals surface area (Å²) in [6.07, 6.45) is 57.2. The smallest absolute Gasteiger partial charge is 0.131 e. The number of benzene rings is 3. The fourth-order valence-corrected chi connectivity index (χ4v) is 12.2. The lowest BCUT2D eigenvalue weighted by atomic mass is 10.1. The molecule has 0 atom stereocenters. The number of aromatic nitrogens is 14. The zero-order chi connectivity index (χ0) is 67.9. The molecule has 0 fully saturated rings. The predicted octanol–water partition coefficient (Wildman–Crippen LogP) is 21.2. The minimum Gasteiger partial charge on any atom is -0.252 e. The average molecular weight is 1310 g/mol.